The van der Waals surface area contributed by atoms with Crippen molar-refractivity contribution < 1.29 is 4.79 Å². The number of hydrogen-bond acceptors (Lipinski definition) is 3. The average Bonchev–Trinajstić information content (AvgIpc) is 2.54. The second-order valence-electron chi connectivity index (χ2n) is 5.01. The molecule has 0 fully saturated rings. The lowest BCUT2D eigenvalue weighted by Gasteiger charge is -2.10. The molecule has 3 rings (SSSR count). The van der Waals surface area contributed by atoms with E-state index in [9.17, 15) is 4.79 Å². The first-order chi connectivity index (χ1) is 10.6. The Bertz CT molecular complexity index is 860. The van der Waals surface area contributed by atoms with Crippen LogP contribution in [-0.2, 0) is 0 Å². The van der Waals surface area contributed by atoms with Crippen molar-refractivity contribution in [3.63, 3.8) is 0 Å². The fourth-order valence-corrected chi connectivity index (χ4v) is 2.55. The SMILES string of the molecule is Cc1cccc2c(C(=O)NN)cc(-c3ccc(Cl)cc3)nc12. The van der Waals surface area contributed by atoms with Crippen molar-refractivity contribution in [1.29, 1.82) is 0 Å². The molecule has 2 aromatic carbocycles. The number of pyridine rings is 1. The molecule has 0 spiro atoms. The molecule has 3 N–H and O–H groups in total. The van der Waals surface area contributed by atoms with E-state index in [1.807, 2.05) is 37.3 Å². The van der Waals surface area contributed by atoms with Crippen LogP contribution in [0.3, 0.4) is 0 Å². The third-order valence-corrected chi connectivity index (χ3v) is 3.81. The van der Waals surface area contributed by atoms with Crippen molar-refractivity contribution in [2.75, 3.05) is 0 Å². The van der Waals surface area contributed by atoms with Crippen LogP contribution in [0.4, 0.5) is 0 Å². The van der Waals surface area contributed by atoms with E-state index in [1.54, 1.807) is 18.2 Å². The molecule has 0 aliphatic rings. The number of benzene rings is 2. The van der Waals surface area contributed by atoms with Gasteiger partial charge in [0.25, 0.3) is 5.91 Å². The van der Waals surface area contributed by atoms with E-state index in [1.165, 1.54) is 0 Å². The number of carbonyl (C=O) groups is 1. The highest BCUT2D eigenvalue weighted by Crippen LogP contribution is 2.27. The summed E-state index contributed by atoms with van der Waals surface area (Å²) in [6.45, 7) is 1.96. The number of aromatic nitrogens is 1. The molecule has 0 saturated heterocycles. The first-order valence-electron chi connectivity index (χ1n) is 6.77. The fourth-order valence-electron chi connectivity index (χ4n) is 2.43. The zero-order valence-corrected chi connectivity index (χ0v) is 12.7. The molecule has 0 aliphatic heterocycles. The number of nitrogens with two attached hydrogens (primary N) is 1. The predicted octanol–water partition coefficient (Wildman–Crippen LogP) is 3.47. The van der Waals surface area contributed by atoms with Crippen LogP contribution in [0.1, 0.15) is 15.9 Å². The Kier molecular flexibility index (Phi) is 3.79. The van der Waals surface area contributed by atoms with Gasteiger partial charge in [-0.1, -0.05) is 41.9 Å². The highest BCUT2D eigenvalue weighted by molar-refractivity contribution is 6.30. The van der Waals surface area contributed by atoms with Crippen LogP contribution in [0.25, 0.3) is 22.2 Å². The van der Waals surface area contributed by atoms with Gasteiger partial charge in [-0.25, -0.2) is 10.8 Å². The Morgan fingerprint density at radius 3 is 2.59 bits per heavy atom. The Hall–Kier alpha value is -2.43. The zero-order chi connectivity index (χ0) is 15.7. The topological polar surface area (TPSA) is 68.0 Å². The van der Waals surface area contributed by atoms with E-state index in [0.29, 0.717) is 16.3 Å². The summed E-state index contributed by atoms with van der Waals surface area (Å²) in [6, 6.07) is 14.8. The lowest BCUT2D eigenvalue weighted by Crippen LogP contribution is -2.30. The number of halogens is 1. The lowest BCUT2D eigenvalue weighted by atomic mass is 10.0. The van der Waals surface area contributed by atoms with Crippen LogP contribution >= 0.6 is 11.6 Å². The van der Waals surface area contributed by atoms with Crippen LogP contribution in [0.15, 0.2) is 48.5 Å². The maximum absolute atomic E-state index is 12.1. The molecule has 4 nitrogen and oxygen atoms in total. The minimum atomic E-state index is -0.340. The van der Waals surface area contributed by atoms with Crippen LogP contribution in [0, 0.1) is 6.92 Å². The normalized spacial score (nSPS) is 10.7. The fraction of sp³-hybridized carbons (Fsp3) is 0.0588. The van der Waals surface area contributed by atoms with Gasteiger partial charge in [0.05, 0.1) is 16.8 Å². The molecule has 1 aromatic heterocycles. The number of amides is 1. The van der Waals surface area contributed by atoms with Gasteiger partial charge >= 0.3 is 0 Å². The number of hydrogen-bond donors (Lipinski definition) is 2. The van der Waals surface area contributed by atoms with Gasteiger partial charge in [-0.3, -0.25) is 10.2 Å². The van der Waals surface area contributed by atoms with Crippen molar-refractivity contribution in [2.24, 2.45) is 5.84 Å². The number of nitrogens with one attached hydrogen (secondary N) is 1. The van der Waals surface area contributed by atoms with Gasteiger partial charge in [0, 0.05) is 16.0 Å². The molecule has 0 atom stereocenters. The number of fused-ring (bicyclic) bond motifs is 1. The number of nitrogens with zero attached hydrogens (tertiary/aromatic N) is 1. The monoisotopic (exact) mass is 311 g/mol. The molecule has 110 valence electrons. The molecule has 5 heteroatoms. The van der Waals surface area contributed by atoms with Gasteiger partial charge in [-0.15, -0.1) is 0 Å². The smallest absolute Gasteiger partial charge is 0.265 e. The van der Waals surface area contributed by atoms with Gasteiger partial charge in [0.2, 0.25) is 0 Å². The van der Waals surface area contributed by atoms with Crippen LogP contribution in [0.2, 0.25) is 5.02 Å². The molecule has 0 unspecified atom stereocenters. The summed E-state index contributed by atoms with van der Waals surface area (Å²) in [5, 5.41) is 1.43. The minimum absolute atomic E-state index is 0.340. The first-order valence-corrected chi connectivity index (χ1v) is 7.15. The van der Waals surface area contributed by atoms with Crippen molar-refractivity contribution in [1.82, 2.24) is 10.4 Å². The predicted molar refractivity (Wildman–Crippen MR) is 88.6 cm³/mol. The van der Waals surface area contributed by atoms with Gasteiger partial charge < -0.3 is 0 Å². The lowest BCUT2D eigenvalue weighted by molar-refractivity contribution is 0.0955. The van der Waals surface area contributed by atoms with Crippen molar-refractivity contribution >= 4 is 28.4 Å². The van der Waals surface area contributed by atoms with Gasteiger partial charge in [-0.2, -0.15) is 0 Å². The molecule has 0 bridgehead atoms. The van der Waals surface area contributed by atoms with E-state index in [-0.39, 0.29) is 5.91 Å². The van der Waals surface area contributed by atoms with Gasteiger partial charge in [-0.05, 0) is 30.7 Å². The molecule has 0 aliphatic carbocycles. The summed E-state index contributed by atoms with van der Waals surface area (Å²) >= 11 is 5.92. The summed E-state index contributed by atoms with van der Waals surface area (Å²) in [5.41, 5.74) is 6.07. The standard InChI is InChI=1S/C17H14ClN3O/c1-10-3-2-4-13-14(17(22)21-19)9-15(20-16(10)13)11-5-7-12(18)8-6-11/h2-9H,19H2,1H3,(H,21,22). The number of carbonyl (C=O) groups excluding carboxylic acids is 1. The van der Waals surface area contributed by atoms with E-state index in [4.69, 9.17) is 17.4 Å². The summed E-state index contributed by atoms with van der Waals surface area (Å²) in [4.78, 5) is 16.8. The molecule has 0 saturated carbocycles. The Balaban J connectivity index is 2.30. The molecular formula is C17H14ClN3O. The molecule has 22 heavy (non-hydrogen) atoms. The van der Waals surface area contributed by atoms with Gasteiger partial charge in [0.1, 0.15) is 0 Å². The number of rotatable bonds is 2. The molecule has 3 aromatic rings. The van der Waals surface area contributed by atoms with E-state index >= 15 is 0 Å². The number of para-hydroxylation sites is 1. The third kappa shape index (κ3) is 2.54. The summed E-state index contributed by atoms with van der Waals surface area (Å²) in [6.07, 6.45) is 0. The zero-order valence-electron chi connectivity index (χ0n) is 11.9. The van der Waals surface area contributed by atoms with E-state index in [2.05, 4.69) is 10.4 Å². The van der Waals surface area contributed by atoms with E-state index < -0.39 is 0 Å². The van der Waals surface area contributed by atoms with Crippen molar-refractivity contribution in [3.8, 4) is 11.3 Å². The summed E-state index contributed by atoms with van der Waals surface area (Å²) in [5.74, 6) is 4.96. The number of aryl methyl sites for hydroxylation is 1. The average molecular weight is 312 g/mol. The maximum Gasteiger partial charge on any atom is 0.265 e. The molecule has 0 radical (unpaired) electrons. The van der Waals surface area contributed by atoms with Crippen LogP contribution < -0.4 is 11.3 Å². The van der Waals surface area contributed by atoms with E-state index in [0.717, 1.165) is 22.0 Å². The first kappa shape index (κ1) is 14.5. The van der Waals surface area contributed by atoms with Crippen molar-refractivity contribution in [3.05, 3.63) is 64.7 Å². The van der Waals surface area contributed by atoms with Crippen LogP contribution in [-0.4, -0.2) is 10.9 Å². The van der Waals surface area contributed by atoms with Crippen LogP contribution in [0.5, 0.6) is 0 Å². The number of hydrazine groups is 1. The Morgan fingerprint density at radius 1 is 1.18 bits per heavy atom. The van der Waals surface area contributed by atoms with Gasteiger partial charge in [0.15, 0.2) is 0 Å². The highest BCUT2D eigenvalue weighted by Gasteiger charge is 2.14. The quantitative estimate of drug-likeness (QED) is 0.432. The van der Waals surface area contributed by atoms with Crippen molar-refractivity contribution in [2.45, 2.75) is 6.92 Å². The second-order valence-corrected chi connectivity index (χ2v) is 5.44. The summed E-state index contributed by atoms with van der Waals surface area (Å²) < 4.78 is 0. The largest absolute Gasteiger partial charge is 0.290 e. The molecule has 1 amide bonds. The summed E-state index contributed by atoms with van der Waals surface area (Å²) in [7, 11) is 0. The Morgan fingerprint density at radius 2 is 1.91 bits per heavy atom. The molecular weight excluding hydrogens is 298 g/mol. The Labute approximate surface area is 132 Å². The maximum atomic E-state index is 12.1. The second kappa shape index (κ2) is 5.75. The minimum Gasteiger partial charge on any atom is -0.290 e. The highest BCUT2D eigenvalue weighted by atomic mass is 35.5. The molecule has 1 heterocycles. The third-order valence-electron chi connectivity index (χ3n) is 3.56. The number of nitrogen functional groups attached to an aromatic ring is 1.